The molecule has 2 heterocycles. The maximum Gasteiger partial charge on any atom is 0.255 e. The number of hydrogen-bond donors (Lipinski definition) is 2. The Morgan fingerprint density at radius 1 is 1.00 bits per heavy atom. The van der Waals surface area contributed by atoms with E-state index in [0.717, 1.165) is 15.6 Å². The van der Waals surface area contributed by atoms with Gasteiger partial charge in [-0.3, -0.25) is 4.79 Å². The van der Waals surface area contributed by atoms with Crippen LogP contribution in [-0.2, 0) is 11.4 Å². The molecule has 11 heteroatoms. The average molecular weight is 683 g/mol. The summed E-state index contributed by atoms with van der Waals surface area (Å²) >= 11 is 7.21. The zero-order chi connectivity index (χ0) is 28.9. The molecule has 0 spiro atoms. The quantitative estimate of drug-likeness (QED) is 0.184. The zero-order valence-corrected chi connectivity index (χ0v) is 26.0. The Kier molecular flexibility index (Phi) is 8.94. The number of ether oxygens (including phenoxy) is 3. The van der Waals surface area contributed by atoms with Gasteiger partial charge in [0.05, 0.1) is 28.9 Å². The third-order valence-corrected chi connectivity index (χ3v) is 7.48. The average Bonchev–Trinajstić information content (AvgIpc) is 3.41. The molecule has 0 aliphatic carbocycles. The largest absolute Gasteiger partial charge is 0.492 e. The van der Waals surface area contributed by atoms with E-state index in [1.807, 2.05) is 81.4 Å². The van der Waals surface area contributed by atoms with Crippen molar-refractivity contribution in [3.63, 3.8) is 0 Å². The first-order valence-corrected chi connectivity index (χ1v) is 14.7. The molecule has 212 valence electrons. The number of allylic oxidation sites excluding steroid dienone is 1. The fraction of sp³-hybridized carbons (Fsp3) is 0.233. The normalized spacial score (nSPS) is 14.2. The van der Waals surface area contributed by atoms with Gasteiger partial charge in [0.1, 0.15) is 24.7 Å². The molecular weight excluding hydrogens is 654 g/mol. The molecule has 0 saturated heterocycles. The van der Waals surface area contributed by atoms with Gasteiger partial charge in [-0.1, -0.05) is 40.2 Å². The maximum atomic E-state index is 13.9. The van der Waals surface area contributed by atoms with Crippen LogP contribution in [0.15, 0.2) is 87.2 Å². The van der Waals surface area contributed by atoms with Crippen LogP contribution in [0.4, 0.5) is 11.6 Å². The lowest BCUT2D eigenvalue weighted by Gasteiger charge is -2.29. The summed E-state index contributed by atoms with van der Waals surface area (Å²) in [5.74, 6) is 1.95. The molecule has 41 heavy (non-hydrogen) atoms. The van der Waals surface area contributed by atoms with Crippen molar-refractivity contribution in [3.8, 4) is 17.2 Å². The zero-order valence-electron chi connectivity index (χ0n) is 22.8. The number of fused-ring (bicyclic) bond motifs is 1. The van der Waals surface area contributed by atoms with Gasteiger partial charge in [0.2, 0.25) is 5.95 Å². The van der Waals surface area contributed by atoms with Crippen molar-refractivity contribution in [1.29, 1.82) is 0 Å². The summed E-state index contributed by atoms with van der Waals surface area (Å²) in [5, 5.41) is 10.7. The standard InChI is InChI=1S/C30H29Br2N5O4/c1-4-39-24-12-7-6-11-23(24)36-29(38)26-18(3)35-30-33-17-34-37(30)27(26)20-14-22(32)28(25(15-20)40-5-2)41-16-19-9-8-10-21(31)13-19/h6-15,17,27H,4-5,16H2,1-3H3,(H,36,38)(H,33,34,35). The number of anilines is 2. The molecule has 1 aromatic heterocycles. The monoisotopic (exact) mass is 681 g/mol. The van der Waals surface area contributed by atoms with Gasteiger partial charge in [-0.25, -0.2) is 4.68 Å². The number of carbonyl (C=O) groups is 1. The van der Waals surface area contributed by atoms with Crippen molar-refractivity contribution in [2.45, 2.75) is 33.4 Å². The Labute approximate surface area is 255 Å². The predicted molar refractivity (Wildman–Crippen MR) is 165 cm³/mol. The van der Waals surface area contributed by atoms with E-state index in [1.165, 1.54) is 6.33 Å². The van der Waals surface area contributed by atoms with Gasteiger partial charge in [0.15, 0.2) is 11.5 Å². The lowest BCUT2D eigenvalue weighted by atomic mass is 9.94. The summed E-state index contributed by atoms with van der Waals surface area (Å²) in [6, 6.07) is 18.5. The second-order valence-electron chi connectivity index (χ2n) is 9.16. The van der Waals surface area contributed by atoms with Gasteiger partial charge >= 0.3 is 0 Å². The van der Waals surface area contributed by atoms with Gasteiger partial charge in [0, 0.05) is 10.2 Å². The highest BCUT2D eigenvalue weighted by atomic mass is 79.9. The highest BCUT2D eigenvalue weighted by Gasteiger charge is 2.35. The highest BCUT2D eigenvalue weighted by Crippen LogP contribution is 2.43. The van der Waals surface area contributed by atoms with Crippen molar-refractivity contribution >= 4 is 49.4 Å². The lowest BCUT2D eigenvalue weighted by molar-refractivity contribution is -0.113. The molecule has 1 atom stereocenters. The molecule has 1 unspecified atom stereocenters. The molecule has 0 fully saturated rings. The SMILES string of the molecule is CCOc1ccccc1NC(=O)C1=C(C)Nc2ncnn2C1c1cc(Br)c(OCc2cccc(Br)c2)c(OCC)c1. The Balaban J connectivity index is 1.53. The number of nitrogens with one attached hydrogen (secondary N) is 2. The smallest absolute Gasteiger partial charge is 0.255 e. The number of rotatable bonds is 10. The molecule has 3 aromatic carbocycles. The minimum absolute atomic E-state index is 0.294. The van der Waals surface area contributed by atoms with Crippen molar-refractivity contribution in [1.82, 2.24) is 14.8 Å². The first kappa shape index (κ1) is 28.7. The van der Waals surface area contributed by atoms with E-state index in [2.05, 4.69) is 52.6 Å². The molecule has 1 aliphatic rings. The number of hydrogen-bond acceptors (Lipinski definition) is 7. The molecule has 0 bridgehead atoms. The number of halogens is 2. The molecule has 1 amide bonds. The van der Waals surface area contributed by atoms with Crippen molar-refractivity contribution in [2.24, 2.45) is 0 Å². The van der Waals surface area contributed by atoms with E-state index in [9.17, 15) is 4.79 Å². The van der Waals surface area contributed by atoms with Crippen LogP contribution < -0.4 is 24.8 Å². The fourth-order valence-corrected chi connectivity index (χ4v) is 5.69. The summed E-state index contributed by atoms with van der Waals surface area (Å²) in [6.45, 7) is 6.92. The van der Waals surface area contributed by atoms with Crippen molar-refractivity contribution in [3.05, 3.63) is 98.3 Å². The fourth-order valence-electron chi connectivity index (χ4n) is 4.67. The number of para-hydroxylation sites is 2. The second-order valence-corrected chi connectivity index (χ2v) is 10.9. The molecule has 0 saturated carbocycles. The molecule has 4 aromatic rings. The van der Waals surface area contributed by atoms with Crippen LogP contribution >= 0.6 is 31.9 Å². The molecule has 9 nitrogen and oxygen atoms in total. The third-order valence-electron chi connectivity index (χ3n) is 6.39. The van der Waals surface area contributed by atoms with Gasteiger partial charge in [0.25, 0.3) is 5.91 Å². The maximum absolute atomic E-state index is 13.9. The van der Waals surface area contributed by atoms with Gasteiger partial charge in [-0.2, -0.15) is 10.1 Å². The molecule has 1 aliphatic heterocycles. The van der Waals surface area contributed by atoms with Gasteiger partial charge < -0.3 is 24.8 Å². The summed E-state index contributed by atoms with van der Waals surface area (Å²) in [6.07, 6.45) is 1.46. The van der Waals surface area contributed by atoms with E-state index in [4.69, 9.17) is 14.2 Å². The Morgan fingerprint density at radius 3 is 2.56 bits per heavy atom. The van der Waals surface area contributed by atoms with Crippen LogP contribution in [0.5, 0.6) is 17.2 Å². The Bertz CT molecular complexity index is 1600. The Hall–Kier alpha value is -3.83. The number of aromatic nitrogens is 3. The molecule has 0 radical (unpaired) electrons. The summed E-state index contributed by atoms with van der Waals surface area (Å²) < 4.78 is 21.3. The van der Waals surface area contributed by atoms with E-state index in [-0.39, 0.29) is 5.91 Å². The van der Waals surface area contributed by atoms with Crippen LogP contribution in [0.2, 0.25) is 0 Å². The third kappa shape index (κ3) is 6.25. The highest BCUT2D eigenvalue weighted by molar-refractivity contribution is 9.10. The van der Waals surface area contributed by atoms with Crippen LogP contribution in [-0.4, -0.2) is 33.9 Å². The minimum Gasteiger partial charge on any atom is -0.492 e. The van der Waals surface area contributed by atoms with E-state index < -0.39 is 6.04 Å². The Morgan fingerprint density at radius 2 is 1.78 bits per heavy atom. The minimum atomic E-state index is -0.595. The summed E-state index contributed by atoms with van der Waals surface area (Å²) in [4.78, 5) is 18.3. The second kappa shape index (κ2) is 12.8. The van der Waals surface area contributed by atoms with Crippen LogP contribution in [0.1, 0.15) is 37.9 Å². The van der Waals surface area contributed by atoms with Crippen LogP contribution in [0, 0.1) is 0 Å². The van der Waals surface area contributed by atoms with Crippen molar-refractivity contribution in [2.75, 3.05) is 23.8 Å². The molecule has 2 N–H and O–H groups in total. The number of benzene rings is 3. The predicted octanol–water partition coefficient (Wildman–Crippen LogP) is 7.11. The first-order chi connectivity index (χ1) is 19.9. The van der Waals surface area contributed by atoms with Crippen LogP contribution in [0.3, 0.4) is 0 Å². The molecule has 5 rings (SSSR count). The molecular formula is C30H29Br2N5O4. The number of amides is 1. The first-order valence-electron chi connectivity index (χ1n) is 13.1. The van der Waals surface area contributed by atoms with E-state index >= 15 is 0 Å². The lowest BCUT2D eigenvalue weighted by Crippen LogP contribution is -2.31. The summed E-state index contributed by atoms with van der Waals surface area (Å²) in [7, 11) is 0. The van der Waals surface area contributed by atoms with Crippen molar-refractivity contribution < 1.29 is 19.0 Å². The summed E-state index contributed by atoms with van der Waals surface area (Å²) in [5.41, 5.74) is 3.49. The van der Waals surface area contributed by atoms with Gasteiger partial charge in [-0.05, 0) is 84.2 Å². The number of nitrogens with zero attached hydrogens (tertiary/aromatic N) is 3. The van der Waals surface area contributed by atoms with Gasteiger partial charge in [-0.15, -0.1) is 0 Å². The van der Waals surface area contributed by atoms with E-state index in [0.29, 0.717) is 64.4 Å². The number of carbonyl (C=O) groups excluding carboxylic acids is 1. The van der Waals surface area contributed by atoms with Crippen LogP contribution in [0.25, 0.3) is 0 Å². The van der Waals surface area contributed by atoms with E-state index in [1.54, 1.807) is 4.68 Å². The topological polar surface area (TPSA) is 99.5 Å².